The minimum absolute atomic E-state index is 0.365. The largest absolute Gasteiger partial charge is 0.330 e. The molecule has 1 saturated carbocycles. The second-order valence-corrected chi connectivity index (χ2v) is 7.90. The summed E-state index contributed by atoms with van der Waals surface area (Å²) in [6.07, 6.45) is 4.57. The Balaban J connectivity index is 2.07. The Hall–Kier alpha value is -0.910. The molecule has 0 saturated heterocycles. The highest BCUT2D eigenvalue weighted by molar-refractivity contribution is 7.89. The normalized spacial score (nSPS) is 23.2. The number of benzene rings is 1. The molecule has 3 N–H and O–H groups in total. The molecule has 0 spiro atoms. The Bertz CT molecular complexity index is 584. The van der Waals surface area contributed by atoms with Gasteiger partial charge >= 0.3 is 0 Å². The van der Waals surface area contributed by atoms with Crippen molar-refractivity contribution in [1.82, 2.24) is 4.72 Å². The molecule has 1 aromatic carbocycles. The van der Waals surface area contributed by atoms with Crippen LogP contribution in [0, 0.1) is 25.7 Å². The van der Waals surface area contributed by atoms with E-state index in [0.29, 0.717) is 29.8 Å². The van der Waals surface area contributed by atoms with Gasteiger partial charge < -0.3 is 5.73 Å². The molecular formula is C16H26N2O2S. The predicted octanol–water partition coefficient (Wildman–Crippen LogP) is 2.35. The molecule has 2 atom stereocenters. The van der Waals surface area contributed by atoms with E-state index in [2.05, 4.69) is 4.72 Å². The summed E-state index contributed by atoms with van der Waals surface area (Å²) >= 11 is 0. The topological polar surface area (TPSA) is 72.2 Å². The smallest absolute Gasteiger partial charge is 0.240 e. The van der Waals surface area contributed by atoms with E-state index in [1.807, 2.05) is 26.0 Å². The minimum Gasteiger partial charge on any atom is -0.330 e. The lowest BCUT2D eigenvalue weighted by Crippen LogP contribution is -2.37. The third-order valence-corrected chi connectivity index (χ3v) is 6.11. The Morgan fingerprint density at radius 2 is 1.86 bits per heavy atom. The fraction of sp³-hybridized carbons (Fsp3) is 0.625. The number of sulfonamides is 1. The molecule has 0 aromatic heterocycles. The summed E-state index contributed by atoms with van der Waals surface area (Å²) in [7, 11) is -3.43. The van der Waals surface area contributed by atoms with Gasteiger partial charge in [0.05, 0.1) is 4.90 Å². The Kier molecular flexibility index (Phi) is 5.41. The highest BCUT2D eigenvalue weighted by Gasteiger charge is 2.26. The van der Waals surface area contributed by atoms with Crippen LogP contribution in [0.5, 0.6) is 0 Å². The third kappa shape index (κ3) is 4.05. The maximum Gasteiger partial charge on any atom is 0.240 e. The van der Waals surface area contributed by atoms with Gasteiger partial charge in [0.1, 0.15) is 0 Å². The summed E-state index contributed by atoms with van der Waals surface area (Å²) in [6, 6.07) is 5.43. The molecule has 0 radical (unpaired) electrons. The monoisotopic (exact) mass is 310 g/mol. The quantitative estimate of drug-likeness (QED) is 0.877. The van der Waals surface area contributed by atoms with Crippen molar-refractivity contribution < 1.29 is 8.42 Å². The molecule has 2 unspecified atom stereocenters. The van der Waals surface area contributed by atoms with Gasteiger partial charge in [-0.25, -0.2) is 13.1 Å². The second kappa shape index (κ2) is 6.90. The van der Waals surface area contributed by atoms with E-state index in [-0.39, 0.29) is 0 Å². The van der Waals surface area contributed by atoms with Crippen molar-refractivity contribution in [3.63, 3.8) is 0 Å². The molecule has 0 amide bonds. The maximum atomic E-state index is 12.5. The Morgan fingerprint density at radius 1 is 1.19 bits per heavy atom. The molecule has 118 valence electrons. The summed E-state index contributed by atoms with van der Waals surface area (Å²) in [5.74, 6) is 0.810. The van der Waals surface area contributed by atoms with Crippen molar-refractivity contribution in [2.24, 2.45) is 17.6 Å². The zero-order valence-corrected chi connectivity index (χ0v) is 13.7. The number of nitrogens with two attached hydrogens (primary N) is 1. The SMILES string of the molecule is Cc1ccc(S(=O)(=O)NCC2CCCCC2CN)c(C)c1. The lowest BCUT2D eigenvalue weighted by atomic mass is 9.79. The standard InChI is InChI=1S/C16H26N2O2S/c1-12-7-8-16(13(2)9-12)21(19,20)18-11-15-6-4-3-5-14(15)10-17/h7-9,14-15,18H,3-6,10-11,17H2,1-2H3. The molecule has 1 aliphatic carbocycles. The van der Waals surface area contributed by atoms with Crippen LogP contribution in [0.3, 0.4) is 0 Å². The van der Waals surface area contributed by atoms with Crippen LogP contribution in [0.25, 0.3) is 0 Å². The van der Waals surface area contributed by atoms with Crippen LogP contribution in [0.1, 0.15) is 36.8 Å². The molecule has 4 nitrogen and oxygen atoms in total. The van der Waals surface area contributed by atoms with Crippen LogP contribution in [0.15, 0.2) is 23.1 Å². The van der Waals surface area contributed by atoms with E-state index in [4.69, 9.17) is 5.73 Å². The molecule has 5 heteroatoms. The van der Waals surface area contributed by atoms with E-state index in [9.17, 15) is 8.42 Å². The summed E-state index contributed by atoms with van der Waals surface area (Å²) < 4.78 is 27.7. The minimum atomic E-state index is -3.43. The molecule has 2 rings (SSSR count). The van der Waals surface area contributed by atoms with Gasteiger partial charge in [-0.1, -0.05) is 30.5 Å². The fourth-order valence-electron chi connectivity index (χ4n) is 3.26. The van der Waals surface area contributed by atoms with Crippen LogP contribution < -0.4 is 10.5 Å². The number of rotatable bonds is 5. The van der Waals surface area contributed by atoms with Gasteiger partial charge in [-0.2, -0.15) is 0 Å². The summed E-state index contributed by atoms with van der Waals surface area (Å²) in [4.78, 5) is 0.383. The molecule has 1 aromatic rings. The van der Waals surface area contributed by atoms with Crippen molar-refractivity contribution >= 4 is 10.0 Å². The van der Waals surface area contributed by atoms with Gasteiger partial charge in [-0.05, 0) is 56.7 Å². The average Bonchev–Trinajstić information content (AvgIpc) is 2.45. The molecule has 0 heterocycles. The zero-order chi connectivity index (χ0) is 15.5. The van der Waals surface area contributed by atoms with Crippen molar-refractivity contribution in [3.05, 3.63) is 29.3 Å². The van der Waals surface area contributed by atoms with Crippen LogP contribution >= 0.6 is 0 Å². The van der Waals surface area contributed by atoms with Gasteiger partial charge in [0.15, 0.2) is 0 Å². The maximum absolute atomic E-state index is 12.5. The van der Waals surface area contributed by atoms with Crippen molar-refractivity contribution in [2.45, 2.75) is 44.4 Å². The van der Waals surface area contributed by atoms with E-state index >= 15 is 0 Å². The number of nitrogens with one attached hydrogen (secondary N) is 1. The van der Waals surface area contributed by atoms with E-state index in [1.54, 1.807) is 6.07 Å². The average molecular weight is 310 g/mol. The Labute approximate surface area is 128 Å². The second-order valence-electron chi connectivity index (χ2n) is 6.16. The number of aryl methyl sites for hydroxylation is 2. The van der Waals surface area contributed by atoms with Crippen LogP contribution in [-0.4, -0.2) is 21.5 Å². The molecule has 21 heavy (non-hydrogen) atoms. The van der Waals surface area contributed by atoms with Crippen molar-refractivity contribution in [2.75, 3.05) is 13.1 Å². The van der Waals surface area contributed by atoms with Gasteiger partial charge in [0.25, 0.3) is 0 Å². The van der Waals surface area contributed by atoms with Gasteiger partial charge in [0.2, 0.25) is 10.0 Å². The molecular weight excluding hydrogens is 284 g/mol. The predicted molar refractivity (Wildman–Crippen MR) is 85.6 cm³/mol. The highest BCUT2D eigenvalue weighted by Crippen LogP contribution is 2.29. The van der Waals surface area contributed by atoms with E-state index < -0.39 is 10.0 Å². The lowest BCUT2D eigenvalue weighted by Gasteiger charge is -2.30. The molecule has 1 aliphatic rings. The van der Waals surface area contributed by atoms with Crippen LogP contribution in [0.2, 0.25) is 0 Å². The van der Waals surface area contributed by atoms with Gasteiger partial charge in [-0.3, -0.25) is 0 Å². The Morgan fingerprint density at radius 3 is 2.48 bits per heavy atom. The van der Waals surface area contributed by atoms with Gasteiger partial charge in [0, 0.05) is 6.54 Å². The van der Waals surface area contributed by atoms with Crippen LogP contribution in [0.4, 0.5) is 0 Å². The molecule has 0 aliphatic heterocycles. The first-order valence-electron chi connectivity index (χ1n) is 7.71. The number of hydrogen-bond acceptors (Lipinski definition) is 3. The number of hydrogen-bond donors (Lipinski definition) is 2. The first kappa shape index (κ1) is 16.5. The summed E-state index contributed by atoms with van der Waals surface area (Å²) in [6.45, 7) is 4.95. The third-order valence-electron chi connectivity index (χ3n) is 4.52. The van der Waals surface area contributed by atoms with E-state index in [1.165, 1.54) is 12.8 Å². The highest BCUT2D eigenvalue weighted by atomic mass is 32.2. The first-order chi connectivity index (χ1) is 9.94. The molecule has 0 bridgehead atoms. The summed E-state index contributed by atoms with van der Waals surface area (Å²) in [5.41, 5.74) is 7.67. The van der Waals surface area contributed by atoms with E-state index in [0.717, 1.165) is 24.0 Å². The van der Waals surface area contributed by atoms with Crippen molar-refractivity contribution in [1.29, 1.82) is 0 Å². The van der Waals surface area contributed by atoms with Crippen molar-refractivity contribution in [3.8, 4) is 0 Å². The first-order valence-corrected chi connectivity index (χ1v) is 9.19. The van der Waals surface area contributed by atoms with Crippen LogP contribution in [-0.2, 0) is 10.0 Å². The molecule has 1 fully saturated rings. The fourth-order valence-corrected chi connectivity index (χ4v) is 4.58. The van der Waals surface area contributed by atoms with Gasteiger partial charge in [-0.15, -0.1) is 0 Å². The lowest BCUT2D eigenvalue weighted by molar-refractivity contribution is 0.244. The zero-order valence-electron chi connectivity index (χ0n) is 12.9. The summed E-state index contributed by atoms with van der Waals surface area (Å²) in [5, 5.41) is 0.